The standard InChI is InChI=1S/C25H19Cl2N5O2/c26-17-6-11-20(21(27)12-17)25(34)28-14-24(33)32-19-9-7-18(8-10-19)31-23-13-22(29-15-30-23)16-4-2-1-3-5-16/h1-13,15H,14H2,(H,28,34)(H,32,33)(H,29,30,31). The fourth-order valence-electron chi connectivity index (χ4n) is 3.11. The summed E-state index contributed by atoms with van der Waals surface area (Å²) in [6.45, 7) is -0.207. The Kier molecular flexibility index (Phi) is 7.37. The molecule has 34 heavy (non-hydrogen) atoms. The number of aromatic nitrogens is 2. The van der Waals surface area contributed by atoms with Crippen LogP contribution in [0.15, 0.2) is 85.2 Å². The van der Waals surface area contributed by atoms with Gasteiger partial charge in [-0.2, -0.15) is 0 Å². The Morgan fingerprint density at radius 3 is 2.29 bits per heavy atom. The van der Waals surface area contributed by atoms with Crippen molar-refractivity contribution >= 4 is 52.2 Å². The monoisotopic (exact) mass is 491 g/mol. The topological polar surface area (TPSA) is 96.0 Å². The summed E-state index contributed by atoms with van der Waals surface area (Å²) in [5.74, 6) is -0.187. The lowest BCUT2D eigenvalue weighted by atomic mass is 10.1. The van der Waals surface area contributed by atoms with Crippen LogP contribution in [0.1, 0.15) is 10.4 Å². The van der Waals surface area contributed by atoms with E-state index in [0.29, 0.717) is 16.5 Å². The Balaban J connectivity index is 1.31. The van der Waals surface area contributed by atoms with Crippen LogP contribution < -0.4 is 16.0 Å². The van der Waals surface area contributed by atoms with Gasteiger partial charge in [0.05, 0.1) is 22.8 Å². The van der Waals surface area contributed by atoms with Gasteiger partial charge in [-0.05, 0) is 42.5 Å². The Bertz CT molecular complexity index is 1310. The lowest BCUT2D eigenvalue weighted by Crippen LogP contribution is -2.33. The molecule has 4 aromatic rings. The van der Waals surface area contributed by atoms with Crippen LogP contribution in [0.25, 0.3) is 11.3 Å². The Labute approximate surface area is 206 Å². The van der Waals surface area contributed by atoms with Gasteiger partial charge in [0, 0.05) is 28.0 Å². The lowest BCUT2D eigenvalue weighted by Gasteiger charge is -2.10. The van der Waals surface area contributed by atoms with Gasteiger partial charge in [-0.3, -0.25) is 9.59 Å². The molecule has 4 rings (SSSR count). The Hall–Kier alpha value is -3.94. The van der Waals surface area contributed by atoms with Crippen molar-refractivity contribution in [2.45, 2.75) is 0 Å². The normalized spacial score (nSPS) is 10.4. The van der Waals surface area contributed by atoms with Gasteiger partial charge in [0.25, 0.3) is 5.91 Å². The van der Waals surface area contributed by atoms with Gasteiger partial charge in [-0.15, -0.1) is 0 Å². The Morgan fingerprint density at radius 2 is 1.56 bits per heavy atom. The molecule has 3 N–H and O–H groups in total. The highest BCUT2D eigenvalue weighted by Gasteiger charge is 2.12. The van der Waals surface area contributed by atoms with Crippen LogP contribution in [0.2, 0.25) is 10.0 Å². The molecule has 0 atom stereocenters. The maximum atomic E-state index is 12.2. The maximum absolute atomic E-state index is 12.2. The van der Waals surface area contributed by atoms with Crippen molar-refractivity contribution in [2.24, 2.45) is 0 Å². The predicted octanol–water partition coefficient (Wildman–Crippen LogP) is 5.56. The molecule has 7 nitrogen and oxygen atoms in total. The summed E-state index contributed by atoms with van der Waals surface area (Å²) in [4.78, 5) is 33.0. The largest absolute Gasteiger partial charge is 0.343 e. The average Bonchev–Trinajstić information content (AvgIpc) is 2.84. The quantitative estimate of drug-likeness (QED) is 0.314. The fraction of sp³-hybridized carbons (Fsp3) is 0.0400. The molecule has 1 aromatic heterocycles. The van der Waals surface area contributed by atoms with Crippen LogP contribution >= 0.6 is 23.2 Å². The first-order chi connectivity index (χ1) is 16.5. The molecule has 0 bridgehead atoms. The minimum atomic E-state index is -0.462. The SMILES string of the molecule is O=C(CNC(=O)c1ccc(Cl)cc1Cl)Nc1ccc(Nc2cc(-c3ccccc3)ncn2)cc1. The number of nitrogens with zero attached hydrogens (tertiary/aromatic N) is 2. The van der Waals surface area contributed by atoms with E-state index in [0.717, 1.165) is 16.9 Å². The minimum absolute atomic E-state index is 0.207. The number of rotatable bonds is 7. The first-order valence-corrected chi connectivity index (χ1v) is 11.0. The van der Waals surface area contributed by atoms with Gasteiger partial charge < -0.3 is 16.0 Å². The highest BCUT2D eigenvalue weighted by atomic mass is 35.5. The van der Waals surface area contributed by atoms with E-state index in [1.807, 2.05) is 48.5 Å². The molecule has 0 saturated carbocycles. The molecular weight excluding hydrogens is 473 g/mol. The molecule has 0 unspecified atom stereocenters. The van der Waals surface area contributed by atoms with Crippen LogP contribution in [-0.2, 0) is 4.79 Å². The molecule has 0 aliphatic carbocycles. The smallest absolute Gasteiger partial charge is 0.253 e. The molecule has 2 amide bonds. The third-order valence-electron chi connectivity index (χ3n) is 4.76. The second-order valence-corrected chi connectivity index (χ2v) is 8.06. The van der Waals surface area contributed by atoms with Gasteiger partial charge in [0.1, 0.15) is 12.1 Å². The van der Waals surface area contributed by atoms with Crippen LogP contribution in [0.5, 0.6) is 0 Å². The molecule has 0 fully saturated rings. The maximum Gasteiger partial charge on any atom is 0.253 e. The highest BCUT2D eigenvalue weighted by Crippen LogP contribution is 2.22. The fourth-order valence-corrected chi connectivity index (χ4v) is 3.61. The number of benzene rings is 3. The van der Waals surface area contributed by atoms with Gasteiger partial charge in [0.2, 0.25) is 5.91 Å². The number of nitrogens with one attached hydrogen (secondary N) is 3. The average molecular weight is 492 g/mol. The summed E-state index contributed by atoms with van der Waals surface area (Å²) in [6.07, 6.45) is 1.50. The summed E-state index contributed by atoms with van der Waals surface area (Å²) < 4.78 is 0. The third-order valence-corrected chi connectivity index (χ3v) is 5.31. The molecule has 3 aromatic carbocycles. The molecule has 0 spiro atoms. The lowest BCUT2D eigenvalue weighted by molar-refractivity contribution is -0.115. The zero-order valence-electron chi connectivity index (χ0n) is 17.8. The van der Waals surface area contributed by atoms with Crippen LogP contribution in [0, 0.1) is 0 Å². The van der Waals surface area contributed by atoms with Gasteiger partial charge in [-0.25, -0.2) is 9.97 Å². The Morgan fingerprint density at radius 1 is 0.824 bits per heavy atom. The third kappa shape index (κ3) is 6.10. The number of carbonyl (C=O) groups excluding carboxylic acids is 2. The van der Waals surface area contributed by atoms with Crippen molar-refractivity contribution in [1.82, 2.24) is 15.3 Å². The number of hydrogen-bond acceptors (Lipinski definition) is 5. The predicted molar refractivity (Wildman–Crippen MR) is 135 cm³/mol. The van der Waals surface area contributed by atoms with Gasteiger partial charge in [0.15, 0.2) is 0 Å². The summed E-state index contributed by atoms with van der Waals surface area (Å²) in [6, 6.07) is 23.3. The highest BCUT2D eigenvalue weighted by molar-refractivity contribution is 6.36. The molecular formula is C25H19Cl2N5O2. The van der Waals surface area contributed by atoms with Crippen molar-refractivity contribution in [2.75, 3.05) is 17.2 Å². The van der Waals surface area contributed by atoms with Crippen LogP contribution in [0.4, 0.5) is 17.2 Å². The molecule has 1 heterocycles. The van der Waals surface area contributed by atoms with E-state index in [9.17, 15) is 9.59 Å². The number of anilines is 3. The van der Waals surface area contributed by atoms with Crippen molar-refractivity contribution in [1.29, 1.82) is 0 Å². The molecule has 0 aliphatic heterocycles. The van der Waals surface area contributed by atoms with E-state index in [-0.39, 0.29) is 23.0 Å². The van der Waals surface area contributed by atoms with Gasteiger partial charge >= 0.3 is 0 Å². The molecule has 0 saturated heterocycles. The van der Waals surface area contributed by atoms with E-state index in [1.54, 1.807) is 18.2 Å². The molecule has 0 radical (unpaired) electrons. The van der Waals surface area contributed by atoms with E-state index in [2.05, 4.69) is 25.9 Å². The summed E-state index contributed by atoms with van der Waals surface area (Å²) >= 11 is 11.9. The summed E-state index contributed by atoms with van der Waals surface area (Å²) in [7, 11) is 0. The van der Waals surface area contributed by atoms with Gasteiger partial charge in [-0.1, -0.05) is 53.5 Å². The first kappa shape index (κ1) is 23.2. The van der Waals surface area contributed by atoms with Crippen molar-refractivity contribution in [3.8, 4) is 11.3 Å². The summed E-state index contributed by atoms with van der Waals surface area (Å²) in [5, 5.41) is 9.13. The van der Waals surface area contributed by atoms with Crippen LogP contribution in [0.3, 0.4) is 0 Å². The molecule has 0 aliphatic rings. The molecule has 9 heteroatoms. The van der Waals surface area contributed by atoms with E-state index in [1.165, 1.54) is 18.5 Å². The van der Waals surface area contributed by atoms with Crippen molar-refractivity contribution in [3.05, 3.63) is 101 Å². The number of amides is 2. The zero-order chi connectivity index (χ0) is 23.9. The number of carbonyl (C=O) groups is 2. The van der Waals surface area contributed by atoms with E-state index >= 15 is 0 Å². The second-order valence-electron chi connectivity index (χ2n) is 7.21. The second kappa shape index (κ2) is 10.8. The van der Waals surface area contributed by atoms with Crippen molar-refractivity contribution < 1.29 is 9.59 Å². The van der Waals surface area contributed by atoms with E-state index in [4.69, 9.17) is 23.2 Å². The minimum Gasteiger partial charge on any atom is -0.343 e. The first-order valence-electron chi connectivity index (χ1n) is 10.3. The number of hydrogen-bond donors (Lipinski definition) is 3. The molecule has 170 valence electrons. The van der Waals surface area contributed by atoms with Crippen LogP contribution in [-0.4, -0.2) is 28.3 Å². The summed E-state index contributed by atoms with van der Waals surface area (Å²) in [5.41, 5.74) is 3.43. The number of halogens is 2. The van der Waals surface area contributed by atoms with Crippen molar-refractivity contribution in [3.63, 3.8) is 0 Å². The van der Waals surface area contributed by atoms with E-state index < -0.39 is 5.91 Å². The zero-order valence-corrected chi connectivity index (χ0v) is 19.3.